The number of anilines is 1. The molecule has 1 saturated heterocycles. The van der Waals surface area contributed by atoms with Crippen molar-refractivity contribution in [3.05, 3.63) is 59.4 Å². The lowest BCUT2D eigenvalue weighted by atomic mass is 10.0. The van der Waals surface area contributed by atoms with E-state index in [1.165, 1.54) is 24.1 Å². The molecule has 7 heteroatoms. The summed E-state index contributed by atoms with van der Waals surface area (Å²) in [5.74, 6) is -0.0957. The minimum absolute atomic E-state index is 0.165. The third-order valence-electron chi connectivity index (χ3n) is 4.99. The highest BCUT2D eigenvalue weighted by Gasteiger charge is 2.38. The third kappa shape index (κ3) is 3.09. The summed E-state index contributed by atoms with van der Waals surface area (Å²) in [4.78, 5) is 28.5. The average Bonchev–Trinajstić information content (AvgIpc) is 3.03. The van der Waals surface area contributed by atoms with Gasteiger partial charge in [-0.15, -0.1) is 0 Å². The number of hydrogen-bond acceptors (Lipinski definition) is 4. The molecule has 0 saturated carbocycles. The molecule has 0 spiro atoms. The highest BCUT2D eigenvalue weighted by atomic mass is 19.1. The van der Waals surface area contributed by atoms with E-state index in [2.05, 4.69) is 0 Å². The Bertz CT molecular complexity index is 901. The number of nitrogens with zero attached hydrogens (tertiary/aromatic N) is 2. The van der Waals surface area contributed by atoms with Gasteiger partial charge in [0.15, 0.2) is 0 Å². The van der Waals surface area contributed by atoms with Gasteiger partial charge in [-0.2, -0.15) is 0 Å². The summed E-state index contributed by atoms with van der Waals surface area (Å²) in [6.07, 6.45) is 0.0686. The number of para-hydroxylation sites is 1. The van der Waals surface area contributed by atoms with Gasteiger partial charge in [-0.25, -0.2) is 9.18 Å². The van der Waals surface area contributed by atoms with E-state index in [-0.39, 0.29) is 25.1 Å². The normalized spacial score (nSPS) is 18.9. The van der Waals surface area contributed by atoms with Crippen LogP contribution in [-0.2, 0) is 11.3 Å². The van der Waals surface area contributed by atoms with Crippen LogP contribution in [0.2, 0.25) is 0 Å². The maximum Gasteiger partial charge on any atom is 0.414 e. The maximum atomic E-state index is 13.9. The van der Waals surface area contributed by atoms with Crippen molar-refractivity contribution in [1.29, 1.82) is 0 Å². The lowest BCUT2D eigenvalue weighted by molar-refractivity contribution is 0.0731. The van der Waals surface area contributed by atoms with Crippen LogP contribution in [0.25, 0.3) is 0 Å². The molecule has 2 heterocycles. The quantitative estimate of drug-likeness (QED) is 0.815. The second kappa shape index (κ2) is 6.90. The van der Waals surface area contributed by atoms with Crippen molar-refractivity contribution in [3.8, 4) is 5.75 Å². The van der Waals surface area contributed by atoms with Crippen molar-refractivity contribution in [3.63, 3.8) is 0 Å². The van der Waals surface area contributed by atoms with Gasteiger partial charge in [0.1, 0.15) is 18.2 Å². The molecule has 2 amide bonds. The van der Waals surface area contributed by atoms with Gasteiger partial charge in [-0.05, 0) is 36.2 Å². The number of carbonyl (C=O) groups excluding carboxylic acids is 2. The molecule has 0 aromatic heterocycles. The number of benzene rings is 2. The van der Waals surface area contributed by atoms with Crippen LogP contribution in [0.4, 0.5) is 14.9 Å². The van der Waals surface area contributed by atoms with Crippen LogP contribution in [0.1, 0.15) is 22.3 Å². The predicted molar refractivity (Wildman–Crippen MR) is 96.4 cm³/mol. The lowest BCUT2D eigenvalue weighted by Gasteiger charge is -2.32. The molecule has 2 aliphatic heterocycles. The zero-order chi connectivity index (χ0) is 19.0. The number of rotatable bonds is 2. The minimum atomic E-state index is -0.476. The molecular formula is C20H19FN2O4. The third-order valence-corrected chi connectivity index (χ3v) is 4.99. The van der Waals surface area contributed by atoms with Crippen LogP contribution in [0.5, 0.6) is 5.75 Å². The van der Waals surface area contributed by atoms with E-state index in [1.54, 1.807) is 35.2 Å². The number of methoxy groups -OCH3 is 1. The molecule has 27 heavy (non-hydrogen) atoms. The molecule has 2 aromatic carbocycles. The van der Waals surface area contributed by atoms with Crippen LogP contribution in [0.3, 0.4) is 0 Å². The van der Waals surface area contributed by atoms with Crippen molar-refractivity contribution in [1.82, 2.24) is 4.90 Å². The maximum absolute atomic E-state index is 13.9. The van der Waals surface area contributed by atoms with Gasteiger partial charge in [0.05, 0.1) is 24.4 Å². The summed E-state index contributed by atoms with van der Waals surface area (Å²) in [6.45, 7) is 0.944. The molecule has 4 rings (SSSR count). The predicted octanol–water partition coefficient (Wildman–Crippen LogP) is 3.21. The zero-order valence-electron chi connectivity index (χ0n) is 14.9. The minimum Gasteiger partial charge on any atom is -0.496 e. The molecule has 1 unspecified atom stereocenters. The van der Waals surface area contributed by atoms with E-state index in [9.17, 15) is 14.0 Å². The smallest absolute Gasteiger partial charge is 0.414 e. The van der Waals surface area contributed by atoms with Crippen molar-refractivity contribution >= 4 is 17.7 Å². The molecule has 0 aliphatic carbocycles. The van der Waals surface area contributed by atoms with Gasteiger partial charge in [0.25, 0.3) is 5.91 Å². The highest BCUT2D eigenvalue weighted by molar-refractivity contribution is 5.97. The van der Waals surface area contributed by atoms with Gasteiger partial charge in [0.2, 0.25) is 0 Å². The Labute approximate surface area is 156 Å². The first-order chi connectivity index (χ1) is 13.1. The summed E-state index contributed by atoms with van der Waals surface area (Å²) < 4.78 is 24.3. The van der Waals surface area contributed by atoms with E-state index in [1.807, 2.05) is 0 Å². The fourth-order valence-electron chi connectivity index (χ4n) is 3.62. The Hall–Kier alpha value is -3.09. The Kier molecular flexibility index (Phi) is 4.43. The number of cyclic esters (lactones) is 1. The summed E-state index contributed by atoms with van der Waals surface area (Å²) in [5.41, 5.74) is 1.63. The summed E-state index contributed by atoms with van der Waals surface area (Å²) in [7, 11) is 1.52. The van der Waals surface area contributed by atoms with Crippen molar-refractivity contribution in [2.75, 3.05) is 25.2 Å². The molecular weight excluding hydrogens is 351 g/mol. The Morgan fingerprint density at radius 1 is 1.26 bits per heavy atom. The molecule has 6 nitrogen and oxygen atoms in total. The van der Waals surface area contributed by atoms with Crippen LogP contribution >= 0.6 is 0 Å². The first kappa shape index (κ1) is 17.3. The van der Waals surface area contributed by atoms with Gasteiger partial charge in [-0.3, -0.25) is 9.69 Å². The van der Waals surface area contributed by atoms with Crippen molar-refractivity contribution in [2.45, 2.75) is 19.0 Å². The number of halogens is 1. The van der Waals surface area contributed by atoms with E-state index in [4.69, 9.17) is 9.47 Å². The van der Waals surface area contributed by atoms with E-state index in [0.29, 0.717) is 35.5 Å². The Balaban J connectivity index is 1.72. The summed E-state index contributed by atoms with van der Waals surface area (Å²) >= 11 is 0. The molecule has 140 valence electrons. The number of hydrogen-bond donors (Lipinski definition) is 0. The lowest BCUT2D eigenvalue weighted by Crippen LogP contribution is -2.42. The van der Waals surface area contributed by atoms with Gasteiger partial charge in [0, 0.05) is 13.1 Å². The number of amides is 2. The summed E-state index contributed by atoms with van der Waals surface area (Å²) in [5, 5.41) is 0. The molecule has 2 aromatic rings. The second-order valence-electron chi connectivity index (χ2n) is 6.59. The topological polar surface area (TPSA) is 59.1 Å². The largest absolute Gasteiger partial charge is 0.496 e. The van der Waals surface area contributed by atoms with Crippen LogP contribution in [0.15, 0.2) is 42.5 Å². The molecule has 1 fully saturated rings. The first-order valence-corrected chi connectivity index (χ1v) is 8.75. The molecule has 1 atom stereocenters. The summed E-state index contributed by atoms with van der Waals surface area (Å²) in [6, 6.07) is 11.1. The monoisotopic (exact) mass is 370 g/mol. The number of carbonyl (C=O) groups is 2. The average molecular weight is 370 g/mol. The van der Waals surface area contributed by atoms with Crippen LogP contribution < -0.4 is 9.64 Å². The molecule has 0 bridgehead atoms. The molecule has 2 aliphatic rings. The second-order valence-corrected chi connectivity index (χ2v) is 6.59. The van der Waals surface area contributed by atoms with E-state index < -0.39 is 11.9 Å². The standard InChI is InChI=1S/C20H19FN2O4/c1-26-18-5-3-2-4-16(18)19(24)22-9-8-15-12-27-20(25)23(15)17-10-14(21)7-6-13(17)11-22/h2-7,10,15H,8-9,11-12H2,1H3. The highest BCUT2D eigenvalue weighted by Crippen LogP contribution is 2.33. The van der Waals surface area contributed by atoms with Gasteiger partial charge in [-0.1, -0.05) is 18.2 Å². The Morgan fingerprint density at radius 3 is 2.89 bits per heavy atom. The number of ether oxygens (including phenoxy) is 2. The Morgan fingerprint density at radius 2 is 2.07 bits per heavy atom. The van der Waals surface area contributed by atoms with Gasteiger partial charge >= 0.3 is 6.09 Å². The van der Waals surface area contributed by atoms with Crippen molar-refractivity contribution < 1.29 is 23.5 Å². The van der Waals surface area contributed by atoms with Crippen molar-refractivity contribution in [2.24, 2.45) is 0 Å². The fraction of sp³-hybridized carbons (Fsp3) is 0.300. The molecule has 0 N–H and O–H groups in total. The zero-order valence-corrected chi connectivity index (χ0v) is 14.9. The van der Waals surface area contributed by atoms with E-state index >= 15 is 0 Å². The van der Waals surface area contributed by atoms with Gasteiger partial charge < -0.3 is 14.4 Å². The van der Waals surface area contributed by atoms with Crippen LogP contribution in [0, 0.1) is 5.82 Å². The number of fused-ring (bicyclic) bond motifs is 3. The molecule has 0 radical (unpaired) electrons. The first-order valence-electron chi connectivity index (χ1n) is 8.75. The van der Waals surface area contributed by atoms with E-state index in [0.717, 1.165) is 0 Å². The fourth-order valence-corrected chi connectivity index (χ4v) is 3.62. The SMILES string of the molecule is COc1ccccc1C(=O)N1CCC2COC(=O)N2c2cc(F)ccc2C1. The van der Waals surface area contributed by atoms with Crippen LogP contribution in [-0.4, -0.2) is 43.2 Å².